The summed E-state index contributed by atoms with van der Waals surface area (Å²) in [6, 6.07) is 5.80. The zero-order chi connectivity index (χ0) is 19.2. The Balaban J connectivity index is 1.85. The Morgan fingerprint density at radius 1 is 1.23 bits per heavy atom. The Morgan fingerprint density at radius 3 is 2.38 bits per heavy atom. The highest BCUT2D eigenvalue weighted by Gasteiger charge is 2.29. The van der Waals surface area contributed by atoms with E-state index in [1.165, 1.54) is 30.3 Å². The van der Waals surface area contributed by atoms with Gasteiger partial charge in [-0.15, -0.1) is 0 Å². The number of hydrogen-bond acceptors (Lipinski definition) is 4. The molecule has 0 spiro atoms. The van der Waals surface area contributed by atoms with Gasteiger partial charge >= 0.3 is 11.5 Å². The number of benzene rings is 1. The van der Waals surface area contributed by atoms with Gasteiger partial charge in [0.2, 0.25) is 5.91 Å². The maximum absolute atomic E-state index is 12.3. The lowest BCUT2D eigenvalue weighted by Gasteiger charge is -2.30. The summed E-state index contributed by atoms with van der Waals surface area (Å²) >= 11 is -0.175. The summed E-state index contributed by atoms with van der Waals surface area (Å²) in [5.41, 5.74) is -3.67. The van der Waals surface area contributed by atoms with Crippen LogP contribution in [-0.2, 0) is 14.3 Å². The average Bonchev–Trinajstić information content (AvgIpc) is 2.60. The third-order valence-electron chi connectivity index (χ3n) is 3.96. The Labute approximate surface area is 154 Å². The van der Waals surface area contributed by atoms with Crippen LogP contribution in [0.3, 0.4) is 0 Å². The fourth-order valence-corrected chi connectivity index (χ4v) is 3.19. The van der Waals surface area contributed by atoms with Crippen molar-refractivity contribution in [1.82, 2.24) is 4.90 Å². The Bertz CT molecular complexity index is 651. The van der Waals surface area contributed by atoms with Crippen LogP contribution in [0.15, 0.2) is 35.2 Å². The molecule has 1 aliphatic rings. The number of likely N-dealkylation sites (tertiary alicyclic amines) is 1. The predicted octanol–water partition coefficient (Wildman–Crippen LogP) is 4.11. The van der Waals surface area contributed by atoms with Crippen LogP contribution in [0.25, 0.3) is 6.08 Å². The van der Waals surface area contributed by atoms with Crippen molar-refractivity contribution in [2.24, 2.45) is 5.92 Å². The smallest absolute Gasteiger partial charge is 0.446 e. The van der Waals surface area contributed by atoms with Gasteiger partial charge in [0.15, 0.2) is 0 Å². The lowest BCUT2D eigenvalue weighted by molar-refractivity contribution is -0.150. The van der Waals surface area contributed by atoms with Crippen LogP contribution >= 0.6 is 11.8 Å². The van der Waals surface area contributed by atoms with Crippen LogP contribution in [0, 0.1) is 5.92 Å². The summed E-state index contributed by atoms with van der Waals surface area (Å²) < 4.78 is 41.9. The second-order valence-electron chi connectivity index (χ2n) is 5.80. The summed E-state index contributed by atoms with van der Waals surface area (Å²) in [7, 11) is 0. The van der Waals surface area contributed by atoms with E-state index in [0.717, 1.165) is 0 Å². The summed E-state index contributed by atoms with van der Waals surface area (Å²) in [4.78, 5) is 25.6. The maximum atomic E-state index is 12.3. The van der Waals surface area contributed by atoms with Crippen LogP contribution < -0.4 is 0 Å². The minimum Gasteiger partial charge on any atom is -0.466 e. The average molecular weight is 387 g/mol. The van der Waals surface area contributed by atoms with E-state index in [-0.39, 0.29) is 34.5 Å². The van der Waals surface area contributed by atoms with E-state index in [4.69, 9.17) is 4.74 Å². The topological polar surface area (TPSA) is 46.6 Å². The maximum Gasteiger partial charge on any atom is 0.446 e. The van der Waals surface area contributed by atoms with E-state index >= 15 is 0 Å². The second-order valence-corrected chi connectivity index (χ2v) is 6.94. The fourth-order valence-electron chi connectivity index (χ4n) is 2.65. The van der Waals surface area contributed by atoms with Gasteiger partial charge in [-0.1, -0.05) is 12.1 Å². The predicted molar refractivity (Wildman–Crippen MR) is 93.3 cm³/mol. The number of amides is 1. The van der Waals surface area contributed by atoms with Gasteiger partial charge in [-0.25, -0.2) is 0 Å². The molecule has 2 rings (SSSR count). The summed E-state index contributed by atoms with van der Waals surface area (Å²) in [6.07, 6.45) is 4.11. The summed E-state index contributed by atoms with van der Waals surface area (Å²) in [5.74, 6) is -0.560. The number of thioether (sulfide) groups is 1. The van der Waals surface area contributed by atoms with Gasteiger partial charge in [0.1, 0.15) is 0 Å². The summed E-state index contributed by atoms with van der Waals surface area (Å²) in [5, 5.41) is 0. The number of hydrogen-bond donors (Lipinski definition) is 0. The molecule has 8 heteroatoms. The minimum absolute atomic E-state index is 0.0991. The van der Waals surface area contributed by atoms with Gasteiger partial charge in [-0.3, -0.25) is 9.59 Å². The molecule has 0 aromatic heterocycles. The number of esters is 1. The standard InChI is InChI=1S/C18H20F3NO3S/c1-2-25-17(24)14-9-11-22(12-10-14)16(23)8-5-13-3-6-15(7-4-13)26-18(19,20)21/h3-8,14H,2,9-12H2,1H3/b8-5+. The van der Waals surface area contributed by atoms with Gasteiger partial charge in [0, 0.05) is 24.1 Å². The molecule has 26 heavy (non-hydrogen) atoms. The largest absolute Gasteiger partial charge is 0.466 e. The molecule has 0 radical (unpaired) electrons. The number of piperidine rings is 1. The van der Waals surface area contributed by atoms with Crippen LogP contribution in [0.1, 0.15) is 25.3 Å². The molecule has 1 amide bonds. The van der Waals surface area contributed by atoms with Gasteiger partial charge in [0.05, 0.1) is 12.5 Å². The van der Waals surface area contributed by atoms with Crippen LogP contribution in [-0.4, -0.2) is 42.0 Å². The van der Waals surface area contributed by atoms with Crippen LogP contribution in [0.5, 0.6) is 0 Å². The van der Waals surface area contributed by atoms with Gasteiger partial charge < -0.3 is 9.64 Å². The Hall–Kier alpha value is -1.96. The molecule has 0 unspecified atom stereocenters. The molecule has 0 saturated carbocycles. The van der Waals surface area contributed by atoms with E-state index in [1.54, 1.807) is 17.9 Å². The monoisotopic (exact) mass is 387 g/mol. The van der Waals surface area contributed by atoms with E-state index in [1.807, 2.05) is 0 Å². The number of carbonyl (C=O) groups excluding carboxylic acids is 2. The van der Waals surface area contributed by atoms with Crippen molar-refractivity contribution >= 4 is 29.7 Å². The van der Waals surface area contributed by atoms with E-state index in [0.29, 0.717) is 38.1 Å². The van der Waals surface area contributed by atoms with Gasteiger partial charge in [-0.2, -0.15) is 13.2 Å². The normalized spacial score (nSPS) is 16.1. The van der Waals surface area contributed by atoms with Crippen molar-refractivity contribution in [3.63, 3.8) is 0 Å². The van der Waals surface area contributed by atoms with Gasteiger partial charge in [-0.05, 0) is 55.3 Å². The molecule has 0 aliphatic carbocycles. The van der Waals surface area contributed by atoms with Crippen molar-refractivity contribution in [2.75, 3.05) is 19.7 Å². The number of nitrogens with zero attached hydrogens (tertiary/aromatic N) is 1. The number of halogens is 3. The molecule has 1 aromatic rings. The van der Waals surface area contributed by atoms with E-state index in [9.17, 15) is 22.8 Å². The SMILES string of the molecule is CCOC(=O)C1CCN(C(=O)/C=C/c2ccc(SC(F)(F)F)cc2)CC1. The van der Waals surface area contributed by atoms with Crippen LogP contribution in [0.4, 0.5) is 13.2 Å². The molecule has 1 fully saturated rings. The van der Waals surface area contributed by atoms with E-state index in [2.05, 4.69) is 0 Å². The molecule has 1 aromatic carbocycles. The van der Waals surface area contributed by atoms with Gasteiger partial charge in [0.25, 0.3) is 0 Å². The highest BCUT2D eigenvalue weighted by atomic mass is 32.2. The molecule has 1 aliphatic heterocycles. The molecule has 142 valence electrons. The highest BCUT2D eigenvalue weighted by molar-refractivity contribution is 8.00. The van der Waals surface area contributed by atoms with Crippen molar-refractivity contribution < 1.29 is 27.5 Å². The molecule has 0 atom stereocenters. The molecular weight excluding hydrogens is 367 g/mol. The first-order chi connectivity index (χ1) is 12.3. The lowest BCUT2D eigenvalue weighted by atomic mass is 9.97. The number of carbonyl (C=O) groups is 2. The zero-order valence-corrected chi connectivity index (χ0v) is 15.1. The molecule has 1 heterocycles. The quantitative estimate of drug-likeness (QED) is 0.433. The summed E-state index contributed by atoms with van der Waals surface area (Å²) in [6.45, 7) is 3.07. The van der Waals surface area contributed by atoms with Crippen molar-refractivity contribution in [3.05, 3.63) is 35.9 Å². The van der Waals surface area contributed by atoms with Crippen molar-refractivity contribution in [3.8, 4) is 0 Å². The first-order valence-corrected chi connectivity index (χ1v) is 9.09. The molecule has 4 nitrogen and oxygen atoms in total. The number of ether oxygens (including phenoxy) is 1. The first kappa shape index (κ1) is 20.4. The number of alkyl halides is 3. The molecular formula is C18H20F3NO3S. The van der Waals surface area contributed by atoms with Crippen molar-refractivity contribution in [1.29, 1.82) is 0 Å². The second kappa shape index (κ2) is 9.12. The Kier molecular flexibility index (Phi) is 7.14. The van der Waals surface area contributed by atoms with Crippen LogP contribution in [0.2, 0.25) is 0 Å². The third kappa shape index (κ3) is 6.40. The third-order valence-corrected chi connectivity index (χ3v) is 4.70. The number of rotatable bonds is 5. The first-order valence-electron chi connectivity index (χ1n) is 8.28. The molecule has 0 N–H and O–H groups in total. The molecule has 1 saturated heterocycles. The lowest BCUT2D eigenvalue weighted by Crippen LogP contribution is -2.39. The highest BCUT2D eigenvalue weighted by Crippen LogP contribution is 2.36. The zero-order valence-electron chi connectivity index (χ0n) is 14.3. The minimum atomic E-state index is -4.32. The van der Waals surface area contributed by atoms with Crippen molar-refractivity contribution in [2.45, 2.75) is 30.2 Å². The fraction of sp³-hybridized carbons (Fsp3) is 0.444. The Morgan fingerprint density at radius 2 is 1.85 bits per heavy atom. The molecule has 0 bridgehead atoms. The van der Waals surface area contributed by atoms with E-state index < -0.39 is 5.51 Å².